The Morgan fingerprint density at radius 3 is 2.77 bits per heavy atom. The number of hydrogen-bond donors (Lipinski definition) is 1. The standard InChI is InChI=1S/C10H13BrClN/c1-7(4-5-13)8-2-3-10(12)9(11)6-8/h2-3,6-7H,4-5,13H2,1H3. The third-order valence-corrected chi connectivity index (χ3v) is 3.33. The first kappa shape index (κ1) is 11.0. The molecule has 1 rings (SSSR count). The molecule has 0 fully saturated rings. The lowest BCUT2D eigenvalue weighted by Gasteiger charge is -2.10. The van der Waals surface area contributed by atoms with E-state index in [1.807, 2.05) is 12.1 Å². The molecule has 1 aromatic rings. The fraction of sp³-hybridized carbons (Fsp3) is 0.400. The molecule has 1 unspecified atom stereocenters. The highest BCUT2D eigenvalue weighted by atomic mass is 79.9. The van der Waals surface area contributed by atoms with E-state index in [-0.39, 0.29) is 0 Å². The average Bonchev–Trinajstić information content (AvgIpc) is 2.10. The second kappa shape index (κ2) is 4.99. The van der Waals surface area contributed by atoms with E-state index < -0.39 is 0 Å². The van der Waals surface area contributed by atoms with Crippen molar-refractivity contribution in [2.24, 2.45) is 5.73 Å². The van der Waals surface area contributed by atoms with Crippen molar-refractivity contribution in [2.45, 2.75) is 19.3 Å². The molecule has 1 nitrogen and oxygen atoms in total. The van der Waals surface area contributed by atoms with Gasteiger partial charge < -0.3 is 5.73 Å². The van der Waals surface area contributed by atoms with E-state index in [4.69, 9.17) is 17.3 Å². The topological polar surface area (TPSA) is 26.0 Å². The summed E-state index contributed by atoms with van der Waals surface area (Å²) >= 11 is 9.29. The lowest BCUT2D eigenvalue weighted by atomic mass is 9.98. The molecule has 0 spiro atoms. The summed E-state index contributed by atoms with van der Waals surface area (Å²) in [6.45, 7) is 2.89. The third kappa shape index (κ3) is 2.97. The van der Waals surface area contributed by atoms with Crippen LogP contribution in [0.2, 0.25) is 5.02 Å². The van der Waals surface area contributed by atoms with Gasteiger partial charge in [-0.25, -0.2) is 0 Å². The van der Waals surface area contributed by atoms with Crippen LogP contribution in [0.25, 0.3) is 0 Å². The zero-order chi connectivity index (χ0) is 9.84. The Morgan fingerprint density at radius 2 is 2.23 bits per heavy atom. The maximum atomic E-state index is 5.89. The van der Waals surface area contributed by atoms with E-state index in [9.17, 15) is 0 Å². The highest BCUT2D eigenvalue weighted by Gasteiger charge is 2.06. The van der Waals surface area contributed by atoms with Gasteiger partial charge in [0.2, 0.25) is 0 Å². The minimum Gasteiger partial charge on any atom is -0.330 e. The summed E-state index contributed by atoms with van der Waals surface area (Å²) in [5, 5.41) is 0.753. The highest BCUT2D eigenvalue weighted by Crippen LogP contribution is 2.27. The Labute approximate surface area is 92.4 Å². The molecule has 13 heavy (non-hydrogen) atoms. The molecular formula is C10H13BrClN. The van der Waals surface area contributed by atoms with E-state index in [1.165, 1.54) is 5.56 Å². The molecule has 0 amide bonds. The Kier molecular flexibility index (Phi) is 4.23. The van der Waals surface area contributed by atoms with Gasteiger partial charge in [0.25, 0.3) is 0 Å². The summed E-state index contributed by atoms with van der Waals surface area (Å²) in [4.78, 5) is 0. The molecule has 0 bridgehead atoms. The van der Waals surface area contributed by atoms with Crippen LogP contribution < -0.4 is 5.73 Å². The van der Waals surface area contributed by atoms with Crippen molar-refractivity contribution in [3.8, 4) is 0 Å². The molecule has 0 saturated carbocycles. The lowest BCUT2D eigenvalue weighted by Crippen LogP contribution is -2.04. The van der Waals surface area contributed by atoms with Gasteiger partial charge >= 0.3 is 0 Å². The maximum absolute atomic E-state index is 5.89. The van der Waals surface area contributed by atoms with Crippen molar-refractivity contribution < 1.29 is 0 Å². The summed E-state index contributed by atoms with van der Waals surface area (Å²) in [5.41, 5.74) is 6.78. The summed E-state index contributed by atoms with van der Waals surface area (Å²) < 4.78 is 0.954. The van der Waals surface area contributed by atoms with Crippen LogP contribution in [0.5, 0.6) is 0 Å². The number of rotatable bonds is 3. The second-order valence-electron chi connectivity index (χ2n) is 3.15. The van der Waals surface area contributed by atoms with Crippen LogP contribution in [0, 0.1) is 0 Å². The SMILES string of the molecule is CC(CCN)c1ccc(Cl)c(Br)c1. The van der Waals surface area contributed by atoms with Crippen molar-refractivity contribution in [3.63, 3.8) is 0 Å². The monoisotopic (exact) mass is 261 g/mol. The van der Waals surface area contributed by atoms with Crippen LogP contribution in [0.15, 0.2) is 22.7 Å². The predicted molar refractivity (Wildman–Crippen MR) is 61.2 cm³/mol. The van der Waals surface area contributed by atoms with Crippen molar-refractivity contribution in [3.05, 3.63) is 33.3 Å². The average molecular weight is 263 g/mol. The van der Waals surface area contributed by atoms with Gasteiger partial charge in [-0.2, -0.15) is 0 Å². The minimum atomic E-state index is 0.499. The van der Waals surface area contributed by atoms with Gasteiger partial charge in [-0.05, 0) is 52.5 Å². The van der Waals surface area contributed by atoms with Crippen LogP contribution in [0.3, 0.4) is 0 Å². The first-order valence-electron chi connectivity index (χ1n) is 4.30. The Balaban J connectivity index is 2.84. The number of nitrogens with two attached hydrogens (primary N) is 1. The molecule has 0 aromatic heterocycles. The zero-order valence-corrected chi connectivity index (χ0v) is 9.90. The van der Waals surface area contributed by atoms with Gasteiger partial charge in [-0.1, -0.05) is 24.6 Å². The van der Waals surface area contributed by atoms with E-state index >= 15 is 0 Å². The predicted octanol–water partition coefficient (Wildman–Crippen LogP) is 3.55. The normalized spacial score (nSPS) is 12.9. The molecule has 0 radical (unpaired) electrons. The number of benzene rings is 1. The van der Waals surface area contributed by atoms with Gasteiger partial charge in [0.15, 0.2) is 0 Å². The highest BCUT2D eigenvalue weighted by molar-refractivity contribution is 9.10. The fourth-order valence-corrected chi connectivity index (χ4v) is 1.75. The van der Waals surface area contributed by atoms with Crippen LogP contribution >= 0.6 is 27.5 Å². The zero-order valence-electron chi connectivity index (χ0n) is 7.56. The molecule has 72 valence electrons. The van der Waals surface area contributed by atoms with Crippen LogP contribution in [-0.2, 0) is 0 Å². The molecular weight excluding hydrogens is 249 g/mol. The molecule has 0 saturated heterocycles. The Hall–Kier alpha value is -0.0500. The molecule has 1 atom stereocenters. The van der Waals surface area contributed by atoms with E-state index in [0.717, 1.165) is 22.5 Å². The molecule has 3 heteroatoms. The third-order valence-electron chi connectivity index (χ3n) is 2.11. The number of hydrogen-bond acceptors (Lipinski definition) is 1. The van der Waals surface area contributed by atoms with Gasteiger partial charge in [-0.3, -0.25) is 0 Å². The summed E-state index contributed by atoms with van der Waals surface area (Å²) in [6, 6.07) is 6.02. The molecule has 0 aliphatic heterocycles. The quantitative estimate of drug-likeness (QED) is 0.886. The first-order valence-corrected chi connectivity index (χ1v) is 5.47. The molecule has 2 N–H and O–H groups in total. The second-order valence-corrected chi connectivity index (χ2v) is 4.41. The molecule has 0 aliphatic rings. The van der Waals surface area contributed by atoms with E-state index in [0.29, 0.717) is 5.92 Å². The van der Waals surface area contributed by atoms with Crippen molar-refractivity contribution in [1.82, 2.24) is 0 Å². The van der Waals surface area contributed by atoms with Crippen molar-refractivity contribution in [1.29, 1.82) is 0 Å². The molecule has 1 aromatic carbocycles. The Morgan fingerprint density at radius 1 is 1.54 bits per heavy atom. The summed E-state index contributed by atoms with van der Waals surface area (Å²) in [5.74, 6) is 0.499. The molecule has 0 aliphatic carbocycles. The van der Waals surface area contributed by atoms with Crippen LogP contribution in [-0.4, -0.2) is 6.54 Å². The van der Waals surface area contributed by atoms with E-state index in [1.54, 1.807) is 0 Å². The van der Waals surface area contributed by atoms with Crippen LogP contribution in [0.4, 0.5) is 0 Å². The van der Waals surface area contributed by atoms with Gasteiger partial charge in [0.05, 0.1) is 5.02 Å². The van der Waals surface area contributed by atoms with Crippen molar-refractivity contribution >= 4 is 27.5 Å². The van der Waals surface area contributed by atoms with Gasteiger partial charge in [0, 0.05) is 4.47 Å². The number of halogens is 2. The Bertz CT molecular complexity index is 288. The van der Waals surface area contributed by atoms with Gasteiger partial charge in [-0.15, -0.1) is 0 Å². The van der Waals surface area contributed by atoms with E-state index in [2.05, 4.69) is 28.9 Å². The summed E-state index contributed by atoms with van der Waals surface area (Å²) in [6.07, 6.45) is 1.01. The summed E-state index contributed by atoms with van der Waals surface area (Å²) in [7, 11) is 0. The van der Waals surface area contributed by atoms with Gasteiger partial charge in [0.1, 0.15) is 0 Å². The van der Waals surface area contributed by atoms with Crippen molar-refractivity contribution in [2.75, 3.05) is 6.54 Å². The largest absolute Gasteiger partial charge is 0.330 e. The smallest absolute Gasteiger partial charge is 0.0548 e. The van der Waals surface area contributed by atoms with Crippen LogP contribution in [0.1, 0.15) is 24.8 Å². The molecule has 0 heterocycles. The minimum absolute atomic E-state index is 0.499. The fourth-order valence-electron chi connectivity index (χ4n) is 1.24. The first-order chi connectivity index (χ1) is 6.15. The maximum Gasteiger partial charge on any atom is 0.0548 e. The lowest BCUT2D eigenvalue weighted by molar-refractivity contribution is 0.690.